The number of nitrogens with zero attached hydrogens (tertiary/aromatic N) is 5. The van der Waals surface area contributed by atoms with Gasteiger partial charge in [-0.05, 0) is 76.5 Å². The number of hydrogen-bond donors (Lipinski definition) is 1. The minimum atomic E-state index is -0.597. The summed E-state index contributed by atoms with van der Waals surface area (Å²) in [7, 11) is 2.15. The van der Waals surface area contributed by atoms with Crippen molar-refractivity contribution < 1.29 is 8.78 Å². The van der Waals surface area contributed by atoms with Crippen LogP contribution in [0.3, 0.4) is 0 Å². The van der Waals surface area contributed by atoms with Crippen molar-refractivity contribution in [1.82, 2.24) is 19.9 Å². The summed E-state index contributed by atoms with van der Waals surface area (Å²) in [4.78, 5) is 18.1. The van der Waals surface area contributed by atoms with E-state index in [2.05, 4.69) is 57.0 Å². The van der Waals surface area contributed by atoms with Gasteiger partial charge < -0.3 is 15.1 Å². The number of benzene rings is 1. The molecule has 0 amide bonds. The third-order valence-electron chi connectivity index (χ3n) is 6.77. The fourth-order valence-corrected chi connectivity index (χ4v) is 5.79. The predicted octanol–water partition coefficient (Wildman–Crippen LogP) is 5.69. The third kappa shape index (κ3) is 5.11. The topological polar surface area (TPSA) is 57.2 Å². The molecular weight excluding hydrogens is 466 g/mol. The van der Waals surface area contributed by atoms with Crippen molar-refractivity contribution in [2.24, 2.45) is 0 Å². The Kier molecular flexibility index (Phi) is 6.88. The van der Waals surface area contributed by atoms with E-state index in [0.29, 0.717) is 22.2 Å². The number of aromatic nitrogens is 3. The van der Waals surface area contributed by atoms with Gasteiger partial charge in [-0.2, -0.15) is 0 Å². The SMILES string of the molecule is CC(C)N1CCSc2c(F)cc(-c3nc(Nc4ccc(C5CCN(C)CC5)cn4)ncc3F)cc21. The molecule has 2 aliphatic heterocycles. The number of halogens is 2. The van der Waals surface area contributed by atoms with Crippen LogP contribution in [0.4, 0.5) is 26.2 Å². The standard InChI is InChI=1S/C26H30F2N6S/c1-16(2)34-10-11-35-25-20(27)12-19(13-22(25)34)24-21(28)15-30-26(32-24)31-23-5-4-18(14-29-23)17-6-8-33(3)9-7-17/h4-5,12-17H,6-11H2,1-3H3,(H,29,30,31,32). The van der Waals surface area contributed by atoms with Crippen LogP contribution < -0.4 is 10.2 Å². The van der Waals surface area contributed by atoms with Gasteiger partial charge in [-0.25, -0.2) is 23.7 Å². The van der Waals surface area contributed by atoms with Gasteiger partial charge in [0.05, 0.1) is 16.8 Å². The van der Waals surface area contributed by atoms with Crippen molar-refractivity contribution in [3.8, 4) is 11.3 Å². The minimum Gasteiger partial charge on any atom is -0.367 e. The lowest BCUT2D eigenvalue weighted by Crippen LogP contribution is -2.35. The lowest BCUT2D eigenvalue weighted by Gasteiger charge is -2.34. The highest BCUT2D eigenvalue weighted by molar-refractivity contribution is 7.99. The highest BCUT2D eigenvalue weighted by atomic mass is 32.2. The second-order valence-corrected chi connectivity index (χ2v) is 10.6. The van der Waals surface area contributed by atoms with Gasteiger partial charge in [0.2, 0.25) is 5.95 Å². The molecule has 1 saturated heterocycles. The van der Waals surface area contributed by atoms with Crippen molar-refractivity contribution in [3.05, 3.63) is 53.9 Å². The summed E-state index contributed by atoms with van der Waals surface area (Å²) in [5.74, 6) is 1.18. The Morgan fingerprint density at radius 3 is 2.54 bits per heavy atom. The van der Waals surface area contributed by atoms with Gasteiger partial charge in [0.25, 0.3) is 0 Å². The molecule has 0 saturated carbocycles. The molecule has 1 fully saturated rings. The zero-order valence-electron chi connectivity index (χ0n) is 20.3. The monoisotopic (exact) mass is 496 g/mol. The van der Waals surface area contributed by atoms with E-state index < -0.39 is 5.82 Å². The molecule has 5 rings (SSSR count). The maximum Gasteiger partial charge on any atom is 0.229 e. The van der Waals surface area contributed by atoms with Gasteiger partial charge in [0, 0.05) is 30.1 Å². The number of pyridine rings is 1. The number of hydrogen-bond acceptors (Lipinski definition) is 7. The average molecular weight is 497 g/mol. The number of anilines is 3. The summed E-state index contributed by atoms with van der Waals surface area (Å²) in [6.45, 7) is 7.14. The fourth-order valence-electron chi connectivity index (χ4n) is 4.78. The molecule has 2 aromatic heterocycles. The first kappa shape index (κ1) is 23.9. The smallest absolute Gasteiger partial charge is 0.229 e. The van der Waals surface area contributed by atoms with Gasteiger partial charge in [-0.15, -0.1) is 11.8 Å². The van der Waals surface area contributed by atoms with E-state index in [9.17, 15) is 4.39 Å². The van der Waals surface area contributed by atoms with Crippen LogP contribution in [0.25, 0.3) is 11.3 Å². The molecule has 1 N–H and O–H groups in total. The Morgan fingerprint density at radius 2 is 1.83 bits per heavy atom. The molecule has 0 unspecified atom stereocenters. The third-order valence-corrected chi connectivity index (χ3v) is 7.85. The number of likely N-dealkylation sites (tertiary alicyclic amines) is 1. The summed E-state index contributed by atoms with van der Waals surface area (Å²) in [6.07, 6.45) is 5.25. The number of fused-ring (bicyclic) bond motifs is 1. The Balaban J connectivity index is 1.39. The van der Waals surface area contributed by atoms with Gasteiger partial charge >= 0.3 is 0 Å². The summed E-state index contributed by atoms with van der Waals surface area (Å²) in [5, 5.41) is 3.07. The molecule has 6 nitrogen and oxygen atoms in total. The van der Waals surface area contributed by atoms with Gasteiger partial charge in [0.1, 0.15) is 17.3 Å². The number of nitrogens with one attached hydrogen (secondary N) is 1. The second-order valence-electron chi connectivity index (χ2n) is 9.51. The molecule has 0 radical (unpaired) electrons. The van der Waals surface area contributed by atoms with Gasteiger partial charge in [0.15, 0.2) is 5.82 Å². The Morgan fingerprint density at radius 1 is 1.03 bits per heavy atom. The molecule has 2 aliphatic rings. The van der Waals surface area contributed by atoms with E-state index in [1.807, 2.05) is 18.3 Å². The van der Waals surface area contributed by atoms with Gasteiger partial charge in [-0.1, -0.05) is 6.07 Å². The molecular formula is C26H30F2N6S. The van der Waals surface area contributed by atoms with E-state index in [0.717, 1.165) is 50.1 Å². The molecule has 0 atom stereocenters. The summed E-state index contributed by atoms with van der Waals surface area (Å²) >= 11 is 1.49. The van der Waals surface area contributed by atoms with Crippen LogP contribution in [0.5, 0.6) is 0 Å². The van der Waals surface area contributed by atoms with Crippen molar-refractivity contribution in [1.29, 1.82) is 0 Å². The summed E-state index contributed by atoms with van der Waals surface area (Å²) in [5.41, 5.74) is 2.46. The summed E-state index contributed by atoms with van der Waals surface area (Å²) in [6, 6.07) is 7.37. The van der Waals surface area contributed by atoms with Crippen LogP contribution in [0, 0.1) is 11.6 Å². The average Bonchev–Trinajstić information content (AvgIpc) is 2.86. The van der Waals surface area contributed by atoms with Crippen molar-refractivity contribution in [2.75, 3.05) is 42.7 Å². The van der Waals surface area contributed by atoms with E-state index in [-0.39, 0.29) is 23.5 Å². The largest absolute Gasteiger partial charge is 0.367 e. The molecule has 4 heterocycles. The first-order valence-electron chi connectivity index (χ1n) is 12.1. The Labute approximate surface area is 209 Å². The lowest BCUT2D eigenvalue weighted by atomic mass is 9.91. The Hall–Kier alpha value is -2.78. The minimum absolute atomic E-state index is 0.0615. The fraction of sp³-hybridized carbons (Fsp3) is 0.423. The highest BCUT2D eigenvalue weighted by Crippen LogP contribution is 2.41. The first-order valence-corrected chi connectivity index (χ1v) is 13.0. The normalized spacial score (nSPS) is 17.0. The molecule has 0 bridgehead atoms. The van der Waals surface area contributed by atoms with E-state index in [4.69, 9.17) is 0 Å². The number of piperidine rings is 1. The van der Waals surface area contributed by atoms with Crippen LogP contribution >= 0.6 is 11.8 Å². The van der Waals surface area contributed by atoms with Crippen LogP contribution in [0.1, 0.15) is 38.2 Å². The maximum absolute atomic E-state index is 15.0. The van der Waals surface area contributed by atoms with Crippen LogP contribution in [-0.4, -0.2) is 58.3 Å². The summed E-state index contributed by atoms with van der Waals surface area (Å²) < 4.78 is 29.8. The van der Waals surface area contributed by atoms with Crippen LogP contribution in [-0.2, 0) is 0 Å². The molecule has 3 aromatic rings. The number of thioether (sulfide) groups is 1. The molecule has 9 heteroatoms. The molecule has 0 spiro atoms. The Bertz CT molecular complexity index is 1200. The van der Waals surface area contributed by atoms with Crippen LogP contribution in [0.15, 0.2) is 41.6 Å². The zero-order chi connectivity index (χ0) is 24.5. The van der Waals surface area contributed by atoms with Crippen LogP contribution in [0.2, 0.25) is 0 Å². The molecule has 35 heavy (non-hydrogen) atoms. The van der Waals surface area contributed by atoms with E-state index in [1.54, 1.807) is 0 Å². The molecule has 184 valence electrons. The van der Waals surface area contributed by atoms with E-state index >= 15 is 4.39 Å². The quantitative estimate of drug-likeness (QED) is 0.487. The maximum atomic E-state index is 15.0. The zero-order valence-corrected chi connectivity index (χ0v) is 21.1. The second kappa shape index (κ2) is 10.1. The number of rotatable bonds is 5. The highest BCUT2D eigenvalue weighted by Gasteiger charge is 2.25. The molecule has 1 aromatic carbocycles. The first-order chi connectivity index (χ1) is 16.9. The molecule has 0 aliphatic carbocycles. The lowest BCUT2D eigenvalue weighted by molar-refractivity contribution is 0.255. The van der Waals surface area contributed by atoms with Gasteiger partial charge in [-0.3, -0.25) is 0 Å². The van der Waals surface area contributed by atoms with E-state index in [1.165, 1.54) is 23.4 Å². The predicted molar refractivity (Wildman–Crippen MR) is 138 cm³/mol. The van der Waals surface area contributed by atoms with Crippen molar-refractivity contribution >= 4 is 29.2 Å². The van der Waals surface area contributed by atoms with Crippen molar-refractivity contribution in [2.45, 2.75) is 43.5 Å². The van der Waals surface area contributed by atoms with Crippen molar-refractivity contribution in [3.63, 3.8) is 0 Å².